The summed E-state index contributed by atoms with van der Waals surface area (Å²) in [7, 11) is 0. The van der Waals surface area contributed by atoms with Crippen LogP contribution in [0.2, 0.25) is 0 Å². The fourth-order valence-corrected chi connectivity index (χ4v) is 3.54. The van der Waals surface area contributed by atoms with Crippen molar-refractivity contribution in [3.63, 3.8) is 0 Å². The van der Waals surface area contributed by atoms with Crippen LogP contribution in [0, 0.1) is 18.2 Å². The Morgan fingerprint density at radius 3 is 2.57 bits per heavy atom. The molecular weight excluding hydrogens is 373 g/mol. The summed E-state index contributed by atoms with van der Waals surface area (Å²) in [6.45, 7) is 0.153. The zero-order valence-electron chi connectivity index (χ0n) is 14.6. The minimum Gasteiger partial charge on any atom is -0.341 e. The van der Waals surface area contributed by atoms with E-state index in [1.54, 1.807) is 41.7 Å². The van der Waals surface area contributed by atoms with E-state index in [1.165, 1.54) is 12.1 Å². The van der Waals surface area contributed by atoms with Crippen molar-refractivity contribution in [1.29, 1.82) is 0 Å². The predicted octanol–water partition coefficient (Wildman–Crippen LogP) is 4.53. The minimum atomic E-state index is -0.317. The number of amides is 1. The number of thiophene rings is 1. The number of halogens is 1. The third-order valence-electron chi connectivity index (χ3n) is 4.15. The summed E-state index contributed by atoms with van der Waals surface area (Å²) in [4.78, 5) is 22.7. The number of hydrogen-bond acceptors (Lipinski definition) is 4. The number of carbonyl (C=O) groups is 1. The molecule has 4 rings (SSSR count). The first-order valence-corrected chi connectivity index (χ1v) is 9.37. The summed E-state index contributed by atoms with van der Waals surface area (Å²) in [5.74, 6) is 1.79. The van der Waals surface area contributed by atoms with E-state index in [0.29, 0.717) is 22.3 Å². The van der Waals surface area contributed by atoms with Crippen molar-refractivity contribution in [2.75, 3.05) is 6.54 Å². The van der Waals surface area contributed by atoms with Crippen LogP contribution >= 0.6 is 11.3 Å². The van der Waals surface area contributed by atoms with E-state index in [9.17, 15) is 9.18 Å². The molecule has 0 radical (unpaired) electrons. The first kappa shape index (κ1) is 17.8. The molecule has 2 heterocycles. The Bertz CT molecular complexity index is 1200. The molecule has 1 amide bonds. The second kappa shape index (κ2) is 7.59. The lowest BCUT2D eigenvalue weighted by Crippen LogP contribution is -2.23. The van der Waals surface area contributed by atoms with Gasteiger partial charge in [-0.1, -0.05) is 12.0 Å². The van der Waals surface area contributed by atoms with E-state index in [0.717, 1.165) is 16.1 Å². The van der Waals surface area contributed by atoms with Gasteiger partial charge in [0.2, 0.25) is 0 Å². The summed E-state index contributed by atoms with van der Waals surface area (Å²) in [5.41, 5.74) is 3.80. The van der Waals surface area contributed by atoms with E-state index >= 15 is 0 Å². The molecule has 0 saturated heterocycles. The molecule has 0 fully saturated rings. The van der Waals surface area contributed by atoms with Gasteiger partial charge in [0.05, 0.1) is 28.1 Å². The maximum Gasteiger partial charge on any atom is 0.252 e. The third kappa shape index (κ3) is 3.48. The highest BCUT2D eigenvalue weighted by molar-refractivity contribution is 7.13. The van der Waals surface area contributed by atoms with E-state index in [1.807, 2.05) is 17.5 Å². The zero-order chi connectivity index (χ0) is 19.5. The summed E-state index contributed by atoms with van der Waals surface area (Å²) >= 11 is 1.55. The van der Waals surface area contributed by atoms with Crippen molar-refractivity contribution in [3.05, 3.63) is 71.4 Å². The van der Waals surface area contributed by atoms with E-state index in [2.05, 4.69) is 11.2 Å². The monoisotopic (exact) mass is 387 g/mol. The Kier molecular flexibility index (Phi) is 4.83. The standard InChI is InChI=1S/C22H14FN3OS/c1-2-11-24-22(27)15-7-10-17-18(13-15)26-20(14-5-8-16(23)9-6-14)21(25-17)19-4-3-12-28-19/h1,3-10,12-13H,11H2,(H,24,27). The lowest BCUT2D eigenvalue weighted by Gasteiger charge is -2.10. The Hall–Kier alpha value is -3.56. The Labute approximate surface area is 165 Å². The van der Waals surface area contributed by atoms with Gasteiger partial charge in [0, 0.05) is 11.1 Å². The van der Waals surface area contributed by atoms with Crippen LogP contribution in [-0.2, 0) is 0 Å². The molecule has 28 heavy (non-hydrogen) atoms. The number of terminal acetylenes is 1. The van der Waals surface area contributed by atoms with E-state index in [-0.39, 0.29) is 18.3 Å². The average Bonchev–Trinajstić information content (AvgIpc) is 3.26. The van der Waals surface area contributed by atoms with Crippen LogP contribution in [0.4, 0.5) is 4.39 Å². The second-order valence-electron chi connectivity index (χ2n) is 6.00. The Morgan fingerprint density at radius 1 is 1.07 bits per heavy atom. The first-order valence-electron chi connectivity index (χ1n) is 8.49. The molecule has 4 aromatic rings. The molecule has 0 aliphatic rings. The van der Waals surface area contributed by atoms with Gasteiger partial charge in [-0.15, -0.1) is 17.8 Å². The zero-order valence-corrected chi connectivity index (χ0v) is 15.5. The largest absolute Gasteiger partial charge is 0.341 e. The lowest BCUT2D eigenvalue weighted by molar-refractivity contribution is 0.0959. The highest BCUT2D eigenvalue weighted by Crippen LogP contribution is 2.33. The maximum absolute atomic E-state index is 13.4. The fourth-order valence-electron chi connectivity index (χ4n) is 2.82. The van der Waals surface area contributed by atoms with Gasteiger partial charge < -0.3 is 5.32 Å². The maximum atomic E-state index is 13.4. The van der Waals surface area contributed by atoms with Crippen LogP contribution in [0.1, 0.15) is 10.4 Å². The molecule has 6 heteroatoms. The molecule has 1 N–H and O–H groups in total. The molecule has 0 saturated carbocycles. The highest BCUT2D eigenvalue weighted by Gasteiger charge is 2.15. The smallest absolute Gasteiger partial charge is 0.252 e. The fraction of sp³-hybridized carbons (Fsp3) is 0.0455. The van der Waals surface area contributed by atoms with Crippen LogP contribution in [0.5, 0.6) is 0 Å². The summed E-state index contributed by atoms with van der Waals surface area (Å²) in [5, 5.41) is 4.60. The van der Waals surface area contributed by atoms with Crippen molar-refractivity contribution < 1.29 is 9.18 Å². The second-order valence-corrected chi connectivity index (χ2v) is 6.94. The number of fused-ring (bicyclic) bond motifs is 1. The lowest BCUT2D eigenvalue weighted by atomic mass is 10.1. The minimum absolute atomic E-state index is 0.153. The number of nitrogens with zero attached hydrogens (tertiary/aromatic N) is 2. The van der Waals surface area contributed by atoms with Crippen LogP contribution in [-0.4, -0.2) is 22.4 Å². The number of hydrogen-bond donors (Lipinski definition) is 1. The molecule has 0 aliphatic heterocycles. The average molecular weight is 387 g/mol. The van der Waals surface area contributed by atoms with Crippen molar-refractivity contribution in [2.45, 2.75) is 0 Å². The summed E-state index contributed by atoms with van der Waals surface area (Å²) in [6, 6.07) is 15.2. The topological polar surface area (TPSA) is 54.9 Å². The number of nitrogens with one attached hydrogen (secondary N) is 1. The SMILES string of the molecule is C#CCNC(=O)c1ccc2nc(-c3cccs3)c(-c3ccc(F)cc3)nc2c1. The molecule has 0 unspecified atom stereocenters. The van der Waals surface area contributed by atoms with Crippen LogP contribution in [0.25, 0.3) is 32.9 Å². The Balaban J connectivity index is 1.88. The van der Waals surface area contributed by atoms with Gasteiger partial charge in [-0.25, -0.2) is 14.4 Å². The number of rotatable bonds is 4. The molecule has 0 aliphatic carbocycles. The number of aromatic nitrogens is 2. The predicted molar refractivity (Wildman–Crippen MR) is 109 cm³/mol. The van der Waals surface area contributed by atoms with Crippen molar-refractivity contribution in [3.8, 4) is 34.2 Å². The van der Waals surface area contributed by atoms with Gasteiger partial charge in [0.15, 0.2) is 0 Å². The highest BCUT2D eigenvalue weighted by atomic mass is 32.1. The molecule has 2 aromatic carbocycles. The Morgan fingerprint density at radius 2 is 1.86 bits per heavy atom. The van der Waals surface area contributed by atoms with Crippen LogP contribution in [0.15, 0.2) is 60.0 Å². The van der Waals surface area contributed by atoms with Gasteiger partial charge >= 0.3 is 0 Å². The van der Waals surface area contributed by atoms with Gasteiger partial charge in [-0.3, -0.25) is 4.79 Å². The van der Waals surface area contributed by atoms with Crippen molar-refractivity contribution in [1.82, 2.24) is 15.3 Å². The number of carbonyl (C=O) groups excluding carboxylic acids is 1. The molecule has 136 valence electrons. The third-order valence-corrected chi connectivity index (χ3v) is 5.03. The number of benzene rings is 2. The molecule has 4 nitrogen and oxygen atoms in total. The molecule has 0 spiro atoms. The van der Waals surface area contributed by atoms with Gasteiger partial charge in [0.25, 0.3) is 5.91 Å². The van der Waals surface area contributed by atoms with E-state index in [4.69, 9.17) is 16.4 Å². The molecule has 0 atom stereocenters. The summed E-state index contributed by atoms with van der Waals surface area (Å²) in [6.07, 6.45) is 5.19. The van der Waals surface area contributed by atoms with E-state index < -0.39 is 0 Å². The molecule has 2 aromatic heterocycles. The van der Waals surface area contributed by atoms with Gasteiger partial charge in [-0.05, 0) is 53.9 Å². The quantitative estimate of drug-likeness (QED) is 0.524. The molecular formula is C22H14FN3OS. The molecule has 0 bridgehead atoms. The van der Waals surface area contributed by atoms with Gasteiger partial charge in [-0.2, -0.15) is 0 Å². The normalized spacial score (nSPS) is 10.6. The first-order chi connectivity index (χ1) is 13.7. The van der Waals surface area contributed by atoms with Gasteiger partial charge in [0.1, 0.15) is 11.5 Å². The summed E-state index contributed by atoms with van der Waals surface area (Å²) < 4.78 is 13.4. The van der Waals surface area contributed by atoms with Crippen LogP contribution < -0.4 is 5.32 Å². The van der Waals surface area contributed by atoms with Crippen LogP contribution in [0.3, 0.4) is 0 Å². The van der Waals surface area contributed by atoms with Crippen molar-refractivity contribution in [2.24, 2.45) is 0 Å². The van der Waals surface area contributed by atoms with Crippen molar-refractivity contribution >= 4 is 28.3 Å².